The van der Waals surface area contributed by atoms with Gasteiger partial charge in [-0.2, -0.15) is 0 Å². The van der Waals surface area contributed by atoms with Crippen LogP contribution >= 0.6 is 0 Å². The van der Waals surface area contributed by atoms with Crippen LogP contribution in [0.1, 0.15) is 46.0 Å². The van der Waals surface area contributed by atoms with Crippen molar-refractivity contribution in [3.05, 3.63) is 30.3 Å². The first-order valence-electron chi connectivity index (χ1n) is 6.83. The molecule has 2 heteroatoms. The number of carbonyl (C=O) groups is 1. The number of rotatable bonds is 4. The van der Waals surface area contributed by atoms with Gasteiger partial charge >= 0.3 is 117 Å². The summed E-state index contributed by atoms with van der Waals surface area (Å²) in [4.78, 5) is 11.6. The van der Waals surface area contributed by atoms with E-state index in [0.29, 0.717) is 25.1 Å². The molecule has 0 bridgehead atoms. The molecule has 0 amide bonds. The molecule has 0 atom stereocenters. The van der Waals surface area contributed by atoms with Crippen LogP contribution in [0.4, 0.5) is 0 Å². The summed E-state index contributed by atoms with van der Waals surface area (Å²) in [5, 5.41) is 0. The SMILES string of the molecule is CC(=O)CC1([Se]c2ccccc2)CCC(C)CC1. The molecule has 0 spiro atoms. The van der Waals surface area contributed by atoms with E-state index in [-0.39, 0.29) is 0 Å². The second-order valence-corrected chi connectivity index (χ2v) is 8.89. The molecule has 0 saturated heterocycles. The van der Waals surface area contributed by atoms with Gasteiger partial charge in [0.15, 0.2) is 0 Å². The molecule has 0 unspecified atom stereocenters. The third kappa shape index (κ3) is 3.70. The molecule has 0 N–H and O–H groups in total. The Morgan fingerprint density at radius 2 is 1.89 bits per heavy atom. The molecule has 0 heterocycles. The second-order valence-electron chi connectivity index (χ2n) is 5.66. The summed E-state index contributed by atoms with van der Waals surface area (Å²) in [5.74, 6) is 1.21. The predicted octanol–water partition coefficient (Wildman–Crippen LogP) is 3.36. The van der Waals surface area contributed by atoms with Crippen LogP contribution in [-0.4, -0.2) is 20.7 Å². The Labute approximate surface area is 117 Å². The first-order chi connectivity index (χ1) is 8.60. The van der Waals surface area contributed by atoms with E-state index < -0.39 is 0 Å². The van der Waals surface area contributed by atoms with Crippen molar-refractivity contribution in [1.29, 1.82) is 0 Å². The first kappa shape index (κ1) is 13.8. The average Bonchev–Trinajstić information content (AvgIpc) is 2.34. The molecule has 1 fully saturated rings. The summed E-state index contributed by atoms with van der Waals surface area (Å²) in [7, 11) is 0. The molecular formula is C16H22OSe. The van der Waals surface area contributed by atoms with Gasteiger partial charge in [-0.05, 0) is 0 Å². The molecule has 98 valence electrons. The minimum atomic E-state index is 0.298. The van der Waals surface area contributed by atoms with Crippen molar-refractivity contribution < 1.29 is 4.79 Å². The van der Waals surface area contributed by atoms with E-state index in [2.05, 4.69) is 37.3 Å². The van der Waals surface area contributed by atoms with Crippen LogP contribution in [0.5, 0.6) is 0 Å². The molecule has 0 aliphatic heterocycles. The number of carbonyl (C=O) groups excluding carboxylic acids is 1. The van der Waals surface area contributed by atoms with Gasteiger partial charge < -0.3 is 0 Å². The molecule has 18 heavy (non-hydrogen) atoms. The first-order valence-corrected chi connectivity index (χ1v) is 8.54. The second kappa shape index (κ2) is 6.04. The normalized spacial score (nSPS) is 28.0. The van der Waals surface area contributed by atoms with Crippen LogP contribution in [0.15, 0.2) is 30.3 Å². The standard InChI is InChI=1S/C16H22OSe/c1-13-8-10-16(11-9-13,12-14(2)17)18-15-6-4-3-5-7-15/h3-7,13H,8-12H2,1-2H3. The number of benzene rings is 1. The van der Waals surface area contributed by atoms with Crippen LogP contribution < -0.4 is 4.46 Å². The van der Waals surface area contributed by atoms with Gasteiger partial charge in [0.2, 0.25) is 0 Å². The number of hydrogen-bond acceptors (Lipinski definition) is 1. The van der Waals surface area contributed by atoms with Crippen molar-refractivity contribution in [3.8, 4) is 0 Å². The topological polar surface area (TPSA) is 17.1 Å². The number of ketones is 1. The molecule has 1 saturated carbocycles. The Bertz CT molecular complexity index is 391. The van der Waals surface area contributed by atoms with Crippen molar-refractivity contribution >= 4 is 25.2 Å². The fourth-order valence-electron chi connectivity index (χ4n) is 2.80. The Morgan fingerprint density at radius 1 is 1.28 bits per heavy atom. The Hall–Kier alpha value is -0.591. The van der Waals surface area contributed by atoms with Gasteiger partial charge in [-0.15, -0.1) is 0 Å². The van der Waals surface area contributed by atoms with Crippen molar-refractivity contribution in [2.75, 3.05) is 0 Å². The van der Waals surface area contributed by atoms with Crippen molar-refractivity contribution in [2.24, 2.45) is 5.92 Å². The Balaban J connectivity index is 2.12. The predicted molar refractivity (Wildman–Crippen MR) is 77.5 cm³/mol. The molecule has 1 aliphatic rings. The van der Waals surface area contributed by atoms with Gasteiger partial charge in [-0.3, -0.25) is 0 Å². The van der Waals surface area contributed by atoms with Crippen molar-refractivity contribution in [2.45, 2.75) is 50.3 Å². The molecule has 0 aromatic heterocycles. The van der Waals surface area contributed by atoms with Crippen LogP contribution in [0.3, 0.4) is 0 Å². The van der Waals surface area contributed by atoms with E-state index >= 15 is 0 Å². The van der Waals surface area contributed by atoms with Crippen molar-refractivity contribution in [3.63, 3.8) is 0 Å². The molecule has 1 aromatic rings. The fourth-order valence-corrected chi connectivity index (χ4v) is 5.96. The van der Waals surface area contributed by atoms with E-state index in [1.807, 2.05) is 0 Å². The quantitative estimate of drug-likeness (QED) is 0.780. The van der Waals surface area contributed by atoms with Crippen LogP contribution in [0.2, 0.25) is 4.31 Å². The monoisotopic (exact) mass is 310 g/mol. The minimum absolute atomic E-state index is 0.298. The molecule has 1 nitrogen and oxygen atoms in total. The van der Waals surface area contributed by atoms with Crippen LogP contribution in [-0.2, 0) is 4.79 Å². The van der Waals surface area contributed by atoms with Crippen molar-refractivity contribution in [1.82, 2.24) is 0 Å². The maximum atomic E-state index is 11.6. The van der Waals surface area contributed by atoms with E-state index in [4.69, 9.17) is 0 Å². The molecule has 0 radical (unpaired) electrons. The van der Waals surface area contributed by atoms with Crippen LogP contribution in [0.25, 0.3) is 0 Å². The summed E-state index contributed by atoms with van der Waals surface area (Å²) in [5.41, 5.74) is 0. The van der Waals surface area contributed by atoms with Crippen LogP contribution in [0, 0.1) is 5.92 Å². The van der Waals surface area contributed by atoms with Gasteiger partial charge in [-0.25, -0.2) is 0 Å². The molecule has 2 rings (SSSR count). The molecule has 1 aromatic carbocycles. The third-order valence-corrected chi connectivity index (χ3v) is 6.97. The summed E-state index contributed by atoms with van der Waals surface area (Å²) in [6, 6.07) is 10.7. The van der Waals surface area contributed by atoms with E-state index in [1.165, 1.54) is 30.1 Å². The van der Waals surface area contributed by atoms with Gasteiger partial charge in [0.05, 0.1) is 0 Å². The molecular weight excluding hydrogens is 287 g/mol. The zero-order valence-corrected chi connectivity index (χ0v) is 13.0. The summed E-state index contributed by atoms with van der Waals surface area (Å²) >= 11 is 0.431. The van der Waals surface area contributed by atoms with Gasteiger partial charge in [0, 0.05) is 0 Å². The zero-order chi connectivity index (χ0) is 13.0. The summed E-state index contributed by atoms with van der Waals surface area (Å²) < 4.78 is 1.74. The number of hydrogen-bond donors (Lipinski definition) is 0. The molecule has 1 aliphatic carbocycles. The average molecular weight is 309 g/mol. The van der Waals surface area contributed by atoms with Gasteiger partial charge in [0.25, 0.3) is 0 Å². The summed E-state index contributed by atoms with van der Waals surface area (Å²) in [6.07, 6.45) is 5.85. The Morgan fingerprint density at radius 3 is 2.44 bits per heavy atom. The van der Waals surface area contributed by atoms with E-state index in [0.717, 1.165) is 12.3 Å². The van der Waals surface area contributed by atoms with E-state index in [1.54, 1.807) is 6.92 Å². The maximum absolute atomic E-state index is 11.6. The zero-order valence-electron chi connectivity index (χ0n) is 11.3. The summed E-state index contributed by atoms with van der Waals surface area (Å²) in [6.45, 7) is 4.09. The van der Waals surface area contributed by atoms with Gasteiger partial charge in [-0.1, -0.05) is 0 Å². The number of Topliss-reactive ketones (excluding diaryl/α,β-unsaturated/α-hetero) is 1. The fraction of sp³-hybridized carbons (Fsp3) is 0.562. The Kier molecular flexibility index (Phi) is 4.64. The van der Waals surface area contributed by atoms with Gasteiger partial charge in [0.1, 0.15) is 0 Å². The third-order valence-electron chi connectivity index (χ3n) is 3.83. The van der Waals surface area contributed by atoms with E-state index in [9.17, 15) is 4.79 Å².